The van der Waals surface area contributed by atoms with Gasteiger partial charge in [0.25, 0.3) is 0 Å². The topological polar surface area (TPSA) is 78.9 Å². The van der Waals surface area contributed by atoms with E-state index in [9.17, 15) is 14.4 Å². The van der Waals surface area contributed by atoms with E-state index >= 15 is 0 Å². The highest BCUT2D eigenvalue weighted by atomic mass is 16.6. The molecular formula is C54H94O6. The molecule has 0 amide bonds. The molecule has 0 aliphatic carbocycles. The van der Waals surface area contributed by atoms with Crippen molar-refractivity contribution in [2.75, 3.05) is 13.2 Å². The van der Waals surface area contributed by atoms with Crippen molar-refractivity contribution in [3.05, 3.63) is 60.8 Å². The Labute approximate surface area is 370 Å². The maximum atomic E-state index is 12.8. The molecule has 0 saturated heterocycles. The molecule has 0 aromatic carbocycles. The summed E-state index contributed by atoms with van der Waals surface area (Å²) in [5.74, 6) is -0.947. The fourth-order valence-electron chi connectivity index (χ4n) is 7.01. The number of hydrogen-bond donors (Lipinski definition) is 0. The first kappa shape index (κ1) is 57.1. The van der Waals surface area contributed by atoms with E-state index in [-0.39, 0.29) is 37.5 Å². The number of unbranched alkanes of at least 4 members (excludes halogenated alkanes) is 24. The summed E-state index contributed by atoms with van der Waals surface area (Å²) in [5.41, 5.74) is 0. The van der Waals surface area contributed by atoms with Crippen LogP contribution in [0.3, 0.4) is 0 Å². The van der Waals surface area contributed by atoms with Gasteiger partial charge in [-0.05, 0) is 57.8 Å². The Morgan fingerprint density at radius 1 is 0.350 bits per heavy atom. The number of hydrogen-bond acceptors (Lipinski definition) is 6. The monoisotopic (exact) mass is 839 g/mol. The first-order valence-corrected chi connectivity index (χ1v) is 25.3. The number of allylic oxidation sites excluding steroid dienone is 10. The second-order valence-corrected chi connectivity index (χ2v) is 16.7. The highest BCUT2D eigenvalue weighted by Gasteiger charge is 2.19. The molecule has 346 valence electrons. The smallest absolute Gasteiger partial charge is 0.306 e. The highest BCUT2D eigenvalue weighted by molar-refractivity contribution is 5.71. The van der Waals surface area contributed by atoms with Gasteiger partial charge < -0.3 is 14.2 Å². The lowest BCUT2D eigenvalue weighted by Crippen LogP contribution is -2.30. The van der Waals surface area contributed by atoms with Crippen molar-refractivity contribution >= 4 is 17.9 Å². The van der Waals surface area contributed by atoms with Gasteiger partial charge >= 0.3 is 17.9 Å². The van der Waals surface area contributed by atoms with E-state index in [1.807, 2.05) is 0 Å². The summed E-state index contributed by atoms with van der Waals surface area (Å²) >= 11 is 0. The molecule has 6 nitrogen and oxygen atoms in total. The average Bonchev–Trinajstić information content (AvgIpc) is 3.24. The molecule has 6 heteroatoms. The zero-order chi connectivity index (χ0) is 43.7. The molecule has 60 heavy (non-hydrogen) atoms. The van der Waals surface area contributed by atoms with Crippen LogP contribution in [0.1, 0.15) is 245 Å². The van der Waals surface area contributed by atoms with Crippen molar-refractivity contribution in [1.82, 2.24) is 0 Å². The lowest BCUT2D eigenvalue weighted by molar-refractivity contribution is -0.167. The minimum atomic E-state index is -0.791. The maximum Gasteiger partial charge on any atom is 0.306 e. The zero-order valence-corrected chi connectivity index (χ0v) is 39.5. The number of rotatable bonds is 45. The largest absolute Gasteiger partial charge is 0.462 e. The molecule has 0 aliphatic rings. The molecule has 0 aromatic rings. The number of esters is 3. The van der Waals surface area contributed by atoms with Crippen molar-refractivity contribution < 1.29 is 28.6 Å². The van der Waals surface area contributed by atoms with Crippen LogP contribution in [0.5, 0.6) is 0 Å². The number of carbonyl (C=O) groups is 3. The molecule has 0 fully saturated rings. The predicted molar refractivity (Wildman–Crippen MR) is 256 cm³/mol. The van der Waals surface area contributed by atoms with Gasteiger partial charge in [-0.1, -0.05) is 229 Å². The minimum absolute atomic E-state index is 0.0890. The van der Waals surface area contributed by atoms with Gasteiger partial charge in [0.05, 0.1) is 0 Å². The molecule has 0 heterocycles. The first-order valence-electron chi connectivity index (χ1n) is 25.3. The van der Waals surface area contributed by atoms with Crippen LogP contribution in [0.25, 0.3) is 0 Å². The van der Waals surface area contributed by atoms with E-state index in [1.165, 1.54) is 122 Å². The van der Waals surface area contributed by atoms with Crippen molar-refractivity contribution in [2.24, 2.45) is 0 Å². The van der Waals surface area contributed by atoms with E-state index in [0.717, 1.165) is 77.0 Å². The fraction of sp³-hybridized carbons (Fsp3) is 0.759. The summed E-state index contributed by atoms with van der Waals surface area (Å²) in [6.45, 7) is 6.46. The molecule has 0 bridgehead atoms. The second-order valence-electron chi connectivity index (χ2n) is 16.7. The van der Waals surface area contributed by atoms with Crippen molar-refractivity contribution in [2.45, 2.75) is 252 Å². The fourth-order valence-corrected chi connectivity index (χ4v) is 7.01. The summed E-state index contributed by atoms with van der Waals surface area (Å²) in [7, 11) is 0. The second kappa shape index (κ2) is 48.8. The van der Waals surface area contributed by atoms with Gasteiger partial charge in [0.1, 0.15) is 13.2 Å². The Morgan fingerprint density at radius 3 is 1.02 bits per heavy atom. The maximum absolute atomic E-state index is 12.8. The van der Waals surface area contributed by atoms with Gasteiger partial charge in [0.2, 0.25) is 0 Å². The Bertz CT molecular complexity index is 1100. The molecule has 0 spiro atoms. The Kier molecular flexibility index (Phi) is 46.4. The average molecular weight is 839 g/mol. The molecule has 0 N–H and O–H groups in total. The van der Waals surface area contributed by atoms with Gasteiger partial charge in [0.15, 0.2) is 6.10 Å². The predicted octanol–water partition coefficient (Wildman–Crippen LogP) is 16.5. The quantitative estimate of drug-likeness (QED) is 0.0263. The van der Waals surface area contributed by atoms with E-state index in [2.05, 4.69) is 81.5 Å². The van der Waals surface area contributed by atoms with Crippen LogP contribution in [0.15, 0.2) is 60.8 Å². The third kappa shape index (κ3) is 46.2. The molecular weight excluding hydrogens is 745 g/mol. The Morgan fingerprint density at radius 2 is 0.650 bits per heavy atom. The first-order chi connectivity index (χ1) is 29.5. The molecule has 0 radical (unpaired) electrons. The lowest BCUT2D eigenvalue weighted by atomic mass is 10.0. The summed E-state index contributed by atoms with van der Waals surface area (Å²) in [6, 6.07) is 0. The van der Waals surface area contributed by atoms with Crippen LogP contribution >= 0.6 is 0 Å². The summed E-state index contributed by atoms with van der Waals surface area (Å²) in [5, 5.41) is 0. The molecule has 1 unspecified atom stereocenters. The van der Waals surface area contributed by atoms with Crippen LogP contribution in [0.2, 0.25) is 0 Å². The molecule has 1 atom stereocenters. The van der Waals surface area contributed by atoms with Gasteiger partial charge in [-0.3, -0.25) is 14.4 Å². The summed E-state index contributed by atoms with van der Waals surface area (Å²) in [6.07, 6.45) is 59.3. The van der Waals surface area contributed by atoms with E-state index in [1.54, 1.807) is 0 Å². The van der Waals surface area contributed by atoms with Gasteiger partial charge in [-0.25, -0.2) is 0 Å². The van der Waals surface area contributed by atoms with Gasteiger partial charge in [-0.2, -0.15) is 0 Å². The van der Waals surface area contributed by atoms with Crippen LogP contribution in [0, 0.1) is 0 Å². The normalized spacial score (nSPS) is 12.5. The zero-order valence-electron chi connectivity index (χ0n) is 39.5. The highest BCUT2D eigenvalue weighted by Crippen LogP contribution is 2.15. The van der Waals surface area contributed by atoms with Crippen molar-refractivity contribution in [1.29, 1.82) is 0 Å². The molecule has 0 aliphatic heterocycles. The lowest BCUT2D eigenvalue weighted by Gasteiger charge is -2.18. The van der Waals surface area contributed by atoms with Gasteiger partial charge in [0, 0.05) is 19.3 Å². The van der Waals surface area contributed by atoms with E-state index in [0.29, 0.717) is 19.3 Å². The SMILES string of the molecule is CC/C=C\C/C=C\C/C=C\C/C=C\C/C=C\CCCC(=O)OCC(COC(=O)CCCCCCCCCCC)OC(=O)CCCCCCCCCCCCCCCCCC. The Hall–Kier alpha value is -2.89. The summed E-state index contributed by atoms with van der Waals surface area (Å²) < 4.78 is 16.7. The molecule has 0 rings (SSSR count). The van der Waals surface area contributed by atoms with Gasteiger partial charge in [-0.15, -0.1) is 0 Å². The minimum Gasteiger partial charge on any atom is -0.462 e. The van der Waals surface area contributed by atoms with Crippen LogP contribution in [0.4, 0.5) is 0 Å². The van der Waals surface area contributed by atoms with Crippen molar-refractivity contribution in [3.63, 3.8) is 0 Å². The Balaban J connectivity index is 4.40. The van der Waals surface area contributed by atoms with E-state index < -0.39 is 6.10 Å². The van der Waals surface area contributed by atoms with Crippen molar-refractivity contribution in [3.8, 4) is 0 Å². The number of carbonyl (C=O) groups excluding carboxylic acids is 3. The standard InChI is InChI=1S/C54H94O6/c1-4-7-10-13-16-19-21-23-25-27-29-30-32-35-38-41-44-47-53(56)59-50-51(49-58-52(55)46-43-40-37-34-18-15-12-9-6-3)60-54(57)48-45-42-39-36-33-31-28-26-24-22-20-17-14-11-8-5-2/h7,10,16,19,23,25,29-30,35,38,51H,4-6,8-9,11-15,17-18,20-22,24,26-28,31-34,36-37,39-50H2,1-3H3/b10-7-,19-16-,25-23-,30-29-,38-35-. The van der Waals surface area contributed by atoms with E-state index in [4.69, 9.17) is 14.2 Å². The van der Waals surface area contributed by atoms with Crippen LogP contribution in [-0.2, 0) is 28.6 Å². The van der Waals surface area contributed by atoms with Crippen LogP contribution in [-0.4, -0.2) is 37.2 Å². The third-order valence-corrected chi connectivity index (χ3v) is 10.8. The summed E-state index contributed by atoms with van der Waals surface area (Å²) in [4.78, 5) is 37.8. The number of ether oxygens (including phenoxy) is 3. The third-order valence-electron chi connectivity index (χ3n) is 10.8. The molecule has 0 saturated carbocycles. The molecule has 0 aromatic heterocycles. The van der Waals surface area contributed by atoms with Crippen LogP contribution < -0.4 is 0 Å².